The van der Waals surface area contributed by atoms with Crippen molar-refractivity contribution in [1.82, 2.24) is 0 Å². The Balaban J connectivity index is 1.82. The topological polar surface area (TPSA) is 54.0 Å². The van der Waals surface area contributed by atoms with Crippen molar-refractivity contribution >= 4 is 30.6 Å². The molecule has 0 bridgehead atoms. The van der Waals surface area contributed by atoms with E-state index in [9.17, 15) is 4.79 Å². The van der Waals surface area contributed by atoms with Crippen LogP contribution in [0.4, 0.5) is 0 Å². The molecule has 6 heteroatoms. The average molecular weight is 388 g/mol. The third-order valence-corrected chi connectivity index (χ3v) is 4.46. The van der Waals surface area contributed by atoms with E-state index in [1.807, 2.05) is 0 Å². The second-order valence-corrected chi connectivity index (χ2v) is 5.86. The van der Waals surface area contributed by atoms with Gasteiger partial charge in [-0.05, 0) is 6.92 Å². The summed E-state index contributed by atoms with van der Waals surface area (Å²) in [5, 5.41) is 0. The molecule has 0 N–H and O–H groups in total. The Morgan fingerprint density at radius 3 is 2.10 bits per heavy atom. The van der Waals surface area contributed by atoms with Gasteiger partial charge in [0.15, 0.2) is 0 Å². The number of Topliss-reactive ketones (excluding diaryl/α,β-unsaturated/α-hetero) is 1. The fraction of sp³-hybridized carbons (Fsp3) is 0.929. The van der Waals surface area contributed by atoms with Gasteiger partial charge in [-0.25, -0.2) is 0 Å². The van der Waals surface area contributed by atoms with Crippen LogP contribution in [-0.4, -0.2) is 75.8 Å². The van der Waals surface area contributed by atoms with Gasteiger partial charge in [-0.1, -0.05) is 0 Å². The van der Waals surface area contributed by atoms with Crippen molar-refractivity contribution in [2.45, 2.75) is 51.2 Å². The zero-order valence-electron chi connectivity index (χ0n) is 12.3. The molecule has 0 aromatic heterocycles. The Bertz CT molecular complexity index is 254. The first-order chi connectivity index (χ1) is 9.72. The van der Waals surface area contributed by atoms with Crippen LogP contribution in [0.3, 0.4) is 0 Å². The number of carbonyl (C=O) groups excluding carboxylic acids is 1. The van der Waals surface area contributed by atoms with Gasteiger partial charge >= 0.3 is 106 Å². The normalized spacial score (nSPS) is 22.9. The molecule has 0 aromatic carbocycles. The number of ether oxygens (including phenoxy) is 3. The van der Waals surface area contributed by atoms with E-state index in [0.29, 0.717) is 51.7 Å². The molecule has 1 aliphatic rings. The molecule has 0 aromatic rings. The van der Waals surface area contributed by atoms with Crippen molar-refractivity contribution in [1.29, 1.82) is 0 Å². The summed E-state index contributed by atoms with van der Waals surface area (Å²) in [5.41, 5.74) is 0. The van der Waals surface area contributed by atoms with E-state index in [4.69, 9.17) is 17.1 Å². The predicted molar refractivity (Wildman–Crippen MR) is 75.8 cm³/mol. The van der Waals surface area contributed by atoms with Gasteiger partial charge in [0.05, 0.1) is 6.61 Å². The Kier molecular flexibility index (Phi) is 11.0. The Labute approximate surface area is 136 Å². The number of hydrogen-bond acceptors (Lipinski definition) is 5. The van der Waals surface area contributed by atoms with E-state index in [1.54, 1.807) is 6.92 Å². The molecule has 1 aliphatic carbocycles. The first-order valence-electron chi connectivity index (χ1n) is 7.34. The first kappa shape index (κ1) is 18.4. The second kappa shape index (κ2) is 12.0. The van der Waals surface area contributed by atoms with Crippen LogP contribution in [0.2, 0.25) is 0 Å². The molecule has 1 rings (SSSR count). The quantitative estimate of drug-likeness (QED) is 0.502. The molecule has 0 saturated heterocycles. The van der Waals surface area contributed by atoms with Gasteiger partial charge in [0, 0.05) is 6.42 Å². The van der Waals surface area contributed by atoms with Crippen LogP contribution in [0.15, 0.2) is 0 Å². The molecule has 1 saturated carbocycles. The number of rotatable bonds is 11. The van der Waals surface area contributed by atoms with Crippen molar-refractivity contribution in [2.24, 2.45) is 0 Å². The summed E-state index contributed by atoms with van der Waals surface area (Å²) in [6, 6.07) is 0. The van der Waals surface area contributed by atoms with E-state index in [-0.39, 0.29) is 5.78 Å². The second-order valence-electron chi connectivity index (χ2n) is 5.08. The molecule has 0 heterocycles. The van der Waals surface area contributed by atoms with Crippen LogP contribution in [-0.2, 0) is 21.9 Å². The molecular formula is C14H25InO5. The monoisotopic (exact) mass is 388 g/mol. The van der Waals surface area contributed by atoms with Crippen molar-refractivity contribution < 1.29 is 21.9 Å². The molecule has 2 radical (unpaired) electrons. The van der Waals surface area contributed by atoms with Gasteiger partial charge < -0.3 is 0 Å². The zero-order valence-corrected chi connectivity index (χ0v) is 15.6. The van der Waals surface area contributed by atoms with Crippen LogP contribution in [0.1, 0.15) is 39.0 Å². The molecule has 114 valence electrons. The van der Waals surface area contributed by atoms with Gasteiger partial charge in [-0.3, -0.25) is 4.79 Å². The summed E-state index contributed by atoms with van der Waals surface area (Å²) in [5.74, 6) is 0.157. The van der Waals surface area contributed by atoms with Gasteiger partial charge in [0.1, 0.15) is 5.78 Å². The summed E-state index contributed by atoms with van der Waals surface area (Å²) in [7, 11) is 0. The third-order valence-electron chi connectivity index (χ3n) is 3.37. The number of ketones is 1. The van der Waals surface area contributed by atoms with Gasteiger partial charge in [0.25, 0.3) is 0 Å². The van der Waals surface area contributed by atoms with Gasteiger partial charge in [-0.2, -0.15) is 0 Å². The minimum absolute atomic E-state index is 0.157. The molecule has 5 nitrogen and oxygen atoms in total. The molecular weight excluding hydrogens is 363 g/mol. The van der Waals surface area contributed by atoms with E-state index < -0.39 is 0 Å². The molecule has 0 unspecified atom stereocenters. The summed E-state index contributed by atoms with van der Waals surface area (Å²) >= 11 is 0.895. The molecule has 0 aliphatic heterocycles. The Morgan fingerprint density at radius 2 is 1.50 bits per heavy atom. The van der Waals surface area contributed by atoms with Gasteiger partial charge in [-0.15, -0.1) is 0 Å². The maximum absolute atomic E-state index is 10.7. The van der Waals surface area contributed by atoms with Crippen LogP contribution in [0.25, 0.3) is 0 Å². The van der Waals surface area contributed by atoms with Crippen molar-refractivity contribution in [2.75, 3.05) is 33.0 Å². The maximum atomic E-state index is 10.7. The van der Waals surface area contributed by atoms with Crippen LogP contribution in [0, 0.1) is 0 Å². The Hall–Kier alpha value is 0.380. The van der Waals surface area contributed by atoms with Crippen LogP contribution in [0.5, 0.6) is 0 Å². The van der Waals surface area contributed by atoms with E-state index in [2.05, 4.69) is 0 Å². The van der Waals surface area contributed by atoms with Crippen LogP contribution < -0.4 is 0 Å². The van der Waals surface area contributed by atoms with Crippen molar-refractivity contribution in [3.8, 4) is 0 Å². The molecule has 20 heavy (non-hydrogen) atoms. The minimum atomic E-state index is 0.157. The van der Waals surface area contributed by atoms with Crippen molar-refractivity contribution in [3.63, 3.8) is 0 Å². The SMILES string of the molecule is CC(=O)CCOCCOCCOC1CCC([O][In])CC1. The molecule has 0 spiro atoms. The first-order valence-corrected chi connectivity index (χ1v) is 8.69. The van der Waals surface area contributed by atoms with E-state index in [1.165, 1.54) is 0 Å². The van der Waals surface area contributed by atoms with Crippen molar-refractivity contribution in [3.05, 3.63) is 0 Å². The Morgan fingerprint density at radius 1 is 0.950 bits per heavy atom. The zero-order chi connectivity index (χ0) is 14.6. The number of hydrogen-bond donors (Lipinski definition) is 0. The fourth-order valence-electron chi connectivity index (χ4n) is 2.15. The molecule has 0 amide bonds. The third kappa shape index (κ3) is 9.34. The predicted octanol–water partition coefficient (Wildman–Crippen LogP) is 1.43. The molecule has 1 fully saturated rings. The summed E-state index contributed by atoms with van der Waals surface area (Å²) < 4.78 is 21.9. The fourth-order valence-corrected chi connectivity index (χ4v) is 2.92. The summed E-state index contributed by atoms with van der Waals surface area (Å²) in [4.78, 5) is 10.7. The van der Waals surface area contributed by atoms with E-state index >= 15 is 0 Å². The summed E-state index contributed by atoms with van der Waals surface area (Å²) in [6.07, 6.45) is 5.76. The van der Waals surface area contributed by atoms with E-state index in [0.717, 1.165) is 50.5 Å². The summed E-state index contributed by atoms with van der Waals surface area (Å²) in [6.45, 7) is 4.40. The standard InChI is InChI=1S/C14H25O5.In/c1-12(15)6-7-17-8-9-18-10-11-19-14-4-2-13(16)3-5-14;/h13-14H,2-11H2,1H3;/q-1;+1. The average Bonchev–Trinajstić information content (AvgIpc) is 2.46. The van der Waals surface area contributed by atoms with Gasteiger partial charge in [0.2, 0.25) is 0 Å². The number of carbonyl (C=O) groups is 1. The van der Waals surface area contributed by atoms with Crippen LogP contribution >= 0.6 is 0 Å². The molecule has 0 atom stereocenters.